The number of allylic oxidation sites excluding steroid dienone is 32. The summed E-state index contributed by atoms with van der Waals surface area (Å²) in [6.07, 6.45) is 90.6. The van der Waals surface area contributed by atoms with E-state index in [0.717, 1.165) is 161 Å². The van der Waals surface area contributed by atoms with Crippen LogP contribution in [0.4, 0.5) is 0 Å². The average molecular weight is 1390 g/mol. The smallest absolute Gasteiger partial charge is 0.463 e. The Labute approximate surface area is 585 Å². The molecule has 4 N–H and O–H groups in total. The number of unbranched alkanes of at least 4 members (excludes halogenated alkanes) is 10. The number of hydrogen-bond donors (Lipinski definition) is 4. The highest BCUT2D eigenvalue weighted by atomic mass is 31.2. The summed E-state index contributed by atoms with van der Waals surface area (Å²) in [7, 11) is -9.84. The van der Waals surface area contributed by atoms with Crippen LogP contribution in [0.2, 0.25) is 0 Å². The minimum atomic E-state index is -4.96. The maximum atomic E-state index is 13.0. The van der Waals surface area contributed by atoms with Crippen molar-refractivity contribution in [2.24, 2.45) is 0 Å². The molecule has 0 bridgehead atoms. The van der Waals surface area contributed by atoms with Gasteiger partial charge in [0.1, 0.15) is 25.4 Å². The second kappa shape index (κ2) is 70.3. The first-order valence-electron chi connectivity index (χ1n) is 35.7. The number of carbonyl (C=O) groups is 3. The Morgan fingerprint density at radius 2 is 0.536 bits per heavy atom. The lowest BCUT2D eigenvalue weighted by atomic mass is 10.1. The number of aliphatic hydroxyl groups excluding tert-OH is 2. The third kappa shape index (κ3) is 71.5. The highest BCUT2D eigenvalue weighted by Gasteiger charge is 2.29. The zero-order chi connectivity index (χ0) is 70.9. The van der Waals surface area contributed by atoms with Crippen LogP contribution in [0.3, 0.4) is 0 Å². The average Bonchev–Trinajstić information content (AvgIpc) is 1.81. The molecular weight excluding hydrogens is 1270 g/mol. The highest BCUT2D eigenvalue weighted by Crippen LogP contribution is 2.45. The molecule has 0 saturated heterocycles. The SMILES string of the molecule is CC/C=C\C/C=C\C/C=C\C/C=C\C/C=C\C/C=C\CCCCCCC(=O)OCC(O)COP(=O)(O)OCC(O)COP(=O)(O)OCC(COC(=O)CC/C=C\C/C=C\C/C=C\C/C=C\C/C=C\C/C=C\CC)OC(=O)CCCCCCCC/C=C\C/C=C\C/C=C\C/C=C\CC. The lowest BCUT2D eigenvalue weighted by Crippen LogP contribution is -2.30. The van der Waals surface area contributed by atoms with Gasteiger partial charge in [0, 0.05) is 19.3 Å². The van der Waals surface area contributed by atoms with E-state index in [1.165, 1.54) is 0 Å². The Morgan fingerprint density at radius 3 is 0.876 bits per heavy atom. The van der Waals surface area contributed by atoms with Crippen LogP contribution in [0.5, 0.6) is 0 Å². The minimum Gasteiger partial charge on any atom is -0.463 e. The van der Waals surface area contributed by atoms with E-state index < -0.39 is 91.5 Å². The van der Waals surface area contributed by atoms with Crippen LogP contribution in [0, 0.1) is 0 Å². The Bertz CT molecular complexity index is 2540. The van der Waals surface area contributed by atoms with Crippen LogP contribution in [-0.4, -0.2) is 95.9 Å². The summed E-state index contributed by atoms with van der Waals surface area (Å²) in [6, 6.07) is 0. The van der Waals surface area contributed by atoms with Crippen LogP contribution in [-0.2, 0) is 55.8 Å². The van der Waals surface area contributed by atoms with E-state index in [4.69, 9.17) is 32.3 Å². The van der Waals surface area contributed by atoms with Crippen molar-refractivity contribution >= 4 is 33.6 Å². The van der Waals surface area contributed by atoms with Gasteiger partial charge in [0.05, 0.1) is 26.4 Å². The van der Waals surface area contributed by atoms with E-state index >= 15 is 0 Å². The monoisotopic (exact) mass is 1390 g/mol. The van der Waals surface area contributed by atoms with Gasteiger partial charge in [-0.25, -0.2) is 9.13 Å². The van der Waals surface area contributed by atoms with Crippen LogP contribution in [0.25, 0.3) is 0 Å². The molecule has 0 aliphatic rings. The van der Waals surface area contributed by atoms with Crippen molar-refractivity contribution in [2.45, 2.75) is 245 Å². The fraction of sp³-hybridized carbons (Fsp3) is 0.557. The van der Waals surface area contributed by atoms with E-state index in [1.807, 2.05) is 18.2 Å². The first kappa shape index (κ1) is 91.4. The first-order valence-corrected chi connectivity index (χ1v) is 38.7. The Morgan fingerprint density at radius 1 is 0.289 bits per heavy atom. The summed E-state index contributed by atoms with van der Waals surface area (Å²) in [4.78, 5) is 58.5. The normalized spacial score (nSPS) is 15.2. The van der Waals surface area contributed by atoms with Crippen molar-refractivity contribution < 1.29 is 75.8 Å². The Balaban J connectivity index is 4.81. The fourth-order valence-corrected chi connectivity index (χ4v) is 10.1. The molecule has 0 aromatic rings. The van der Waals surface area contributed by atoms with Crippen molar-refractivity contribution in [2.75, 3.05) is 39.6 Å². The molecule has 0 amide bonds. The standard InChI is InChI=1S/C79H124O16P2/c1-4-7-10-13-16-19-22-25-28-31-34-35-36-37-40-42-44-47-50-53-56-59-62-65-77(82)89-68-74(80)69-91-96(85,86)92-70-75(81)71-93-97(87,88)94-73-76(95-79(84)67-64-61-58-55-52-49-46-43-39-33-30-27-24-21-18-15-12-9-6-3)72-90-78(83)66-63-60-57-54-51-48-45-41-38-32-29-26-23-20-17-14-11-8-5-2/h7-12,16-21,25-30,34-35,37-41,43-44,47-48,51,57,60,74-76,80-81H,4-6,13-15,22-24,31-33,36,42,45-46,49-50,52-56,58-59,61-73H2,1-3H3,(H,85,86)(H,87,88)/b10-7-,11-8-,12-9-,19-16-,20-17-,21-18-,28-25-,29-26-,30-27-,35-34-,40-37-,41-38-,43-39-,47-44-,51-48-,60-57-. The maximum Gasteiger partial charge on any atom is 0.472 e. The fourth-order valence-electron chi connectivity index (χ4n) is 8.47. The van der Waals surface area contributed by atoms with Gasteiger partial charge in [0.25, 0.3) is 0 Å². The first-order chi connectivity index (χ1) is 47.2. The number of esters is 3. The molecule has 97 heavy (non-hydrogen) atoms. The number of ether oxygens (including phenoxy) is 3. The molecule has 5 unspecified atom stereocenters. The molecule has 5 atom stereocenters. The molecule has 0 radical (unpaired) electrons. The molecule has 0 spiro atoms. The summed E-state index contributed by atoms with van der Waals surface area (Å²) in [5.41, 5.74) is 0. The van der Waals surface area contributed by atoms with Gasteiger partial charge in [-0.1, -0.05) is 254 Å². The van der Waals surface area contributed by atoms with Crippen molar-refractivity contribution in [1.82, 2.24) is 0 Å². The molecule has 16 nitrogen and oxygen atoms in total. The maximum absolute atomic E-state index is 13.0. The van der Waals surface area contributed by atoms with Gasteiger partial charge in [-0.2, -0.15) is 0 Å². The number of phosphoric ester groups is 2. The topological polar surface area (TPSA) is 231 Å². The van der Waals surface area contributed by atoms with Crippen molar-refractivity contribution in [1.29, 1.82) is 0 Å². The zero-order valence-electron chi connectivity index (χ0n) is 59.2. The molecule has 0 aromatic carbocycles. The van der Waals surface area contributed by atoms with Crippen molar-refractivity contribution in [3.05, 3.63) is 194 Å². The van der Waals surface area contributed by atoms with Crippen LogP contribution in [0.1, 0.15) is 226 Å². The van der Waals surface area contributed by atoms with Gasteiger partial charge in [-0.05, 0) is 148 Å². The predicted molar refractivity (Wildman–Crippen MR) is 398 cm³/mol. The minimum absolute atomic E-state index is 0.0327. The van der Waals surface area contributed by atoms with Crippen LogP contribution < -0.4 is 0 Å². The van der Waals surface area contributed by atoms with E-state index in [1.54, 1.807) is 0 Å². The van der Waals surface area contributed by atoms with Gasteiger partial charge in [0.15, 0.2) is 6.10 Å². The number of carbonyl (C=O) groups excluding carboxylic acids is 3. The molecule has 0 saturated carbocycles. The third-order valence-electron chi connectivity index (χ3n) is 13.8. The lowest BCUT2D eigenvalue weighted by Gasteiger charge is -2.21. The molecule has 0 aromatic heterocycles. The molecule has 18 heteroatoms. The van der Waals surface area contributed by atoms with Crippen molar-refractivity contribution in [3.63, 3.8) is 0 Å². The second-order valence-corrected chi connectivity index (χ2v) is 25.8. The van der Waals surface area contributed by atoms with E-state index in [0.29, 0.717) is 25.7 Å². The lowest BCUT2D eigenvalue weighted by molar-refractivity contribution is -0.161. The van der Waals surface area contributed by atoms with Crippen LogP contribution in [0.15, 0.2) is 194 Å². The molecular formula is C79H124O16P2. The largest absolute Gasteiger partial charge is 0.472 e. The molecule has 0 aliphatic heterocycles. The zero-order valence-corrected chi connectivity index (χ0v) is 60.9. The van der Waals surface area contributed by atoms with E-state index in [9.17, 15) is 43.5 Å². The molecule has 0 heterocycles. The number of phosphoric acid groups is 2. The molecule has 0 rings (SSSR count). The Hall–Kier alpha value is -5.61. The van der Waals surface area contributed by atoms with Crippen LogP contribution >= 0.6 is 15.6 Å². The van der Waals surface area contributed by atoms with Gasteiger partial charge in [-0.15, -0.1) is 0 Å². The summed E-state index contributed by atoms with van der Waals surface area (Å²) >= 11 is 0. The summed E-state index contributed by atoms with van der Waals surface area (Å²) in [5, 5.41) is 20.6. The van der Waals surface area contributed by atoms with Gasteiger partial charge in [0.2, 0.25) is 0 Å². The van der Waals surface area contributed by atoms with E-state index in [2.05, 4.69) is 197 Å². The van der Waals surface area contributed by atoms with Gasteiger partial charge < -0.3 is 34.2 Å². The predicted octanol–water partition coefficient (Wildman–Crippen LogP) is 20.4. The molecule has 0 fully saturated rings. The second-order valence-electron chi connectivity index (χ2n) is 22.9. The number of aliphatic hydroxyl groups is 2. The highest BCUT2D eigenvalue weighted by molar-refractivity contribution is 7.47. The molecule has 546 valence electrons. The van der Waals surface area contributed by atoms with Gasteiger partial charge in [-0.3, -0.25) is 32.5 Å². The van der Waals surface area contributed by atoms with E-state index in [-0.39, 0.29) is 19.3 Å². The van der Waals surface area contributed by atoms with Gasteiger partial charge >= 0.3 is 33.6 Å². The summed E-state index contributed by atoms with van der Waals surface area (Å²) in [6.45, 7) is 2.15. The Kier molecular flexibility index (Phi) is 66.2. The summed E-state index contributed by atoms with van der Waals surface area (Å²) in [5.74, 6) is -1.73. The number of hydrogen-bond acceptors (Lipinski definition) is 14. The van der Waals surface area contributed by atoms with Crippen molar-refractivity contribution in [3.8, 4) is 0 Å². The third-order valence-corrected chi connectivity index (χ3v) is 15.7. The number of rotatable bonds is 65. The quantitative estimate of drug-likeness (QED) is 0.0146. The molecule has 0 aliphatic carbocycles. The summed E-state index contributed by atoms with van der Waals surface area (Å²) < 4.78 is 60.9.